The van der Waals surface area contributed by atoms with E-state index in [0.717, 1.165) is 22.4 Å². The highest BCUT2D eigenvalue weighted by Crippen LogP contribution is 2.31. The summed E-state index contributed by atoms with van der Waals surface area (Å²) >= 11 is 0. The van der Waals surface area contributed by atoms with E-state index in [1.807, 2.05) is 45.9 Å². The van der Waals surface area contributed by atoms with Gasteiger partial charge in [-0.15, -0.1) is 0 Å². The van der Waals surface area contributed by atoms with Gasteiger partial charge in [-0.05, 0) is 75.1 Å². The van der Waals surface area contributed by atoms with Crippen LogP contribution in [0.2, 0.25) is 0 Å². The second-order valence-electron chi connectivity index (χ2n) is 8.73. The van der Waals surface area contributed by atoms with Crippen molar-refractivity contribution in [3.05, 3.63) is 58.7 Å². The Morgan fingerprint density at radius 1 is 1.21 bits per heavy atom. The number of methoxy groups -OCH3 is 1. The summed E-state index contributed by atoms with van der Waals surface area (Å²) in [5, 5.41) is 13.2. The molecule has 0 atom stereocenters. The van der Waals surface area contributed by atoms with Crippen LogP contribution in [0.1, 0.15) is 43.0 Å². The standard InChI is InChI=1S/C26H34N2O5/c1-18-9-10-19(16-23(18)32-6)17-28(25(31)33-26(2,3)4)14-13-20-11-12-22(30)24(27-5)21(20)8-7-15-29/h7-12,15-16,27,30H,13-14,17H2,1-6H3/b8-7-. The van der Waals surface area contributed by atoms with Gasteiger partial charge in [0.05, 0.1) is 12.8 Å². The van der Waals surface area contributed by atoms with Gasteiger partial charge in [0.25, 0.3) is 0 Å². The third kappa shape index (κ3) is 7.27. The summed E-state index contributed by atoms with van der Waals surface area (Å²) in [6.07, 6.45) is 3.79. The molecule has 2 N–H and O–H groups in total. The predicted octanol–water partition coefficient (Wildman–Crippen LogP) is 4.94. The Morgan fingerprint density at radius 3 is 2.55 bits per heavy atom. The zero-order chi connectivity index (χ0) is 24.6. The zero-order valence-electron chi connectivity index (χ0n) is 20.3. The number of hydrogen-bond acceptors (Lipinski definition) is 6. The van der Waals surface area contributed by atoms with Crippen LogP contribution in [0.4, 0.5) is 10.5 Å². The Bertz CT molecular complexity index is 1010. The van der Waals surface area contributed by atoms with E-state index in [2.05, 4.69) is 5.32 Å². The fourth-order valence-corrected chi connectivity index (χ4v) is 3.46. The molecular weight excluding hydrogens is 420 g/mol. The Kier molecular flexibility index (Phi) is 8.91. The maximum Gasteiger partial charge on any atom is 0.410 e. The number of carbonyl (C=O) groups excluding carboxylic acids is 2. The molecule has 0 aliphatic heterocycles. The summed E-state index contributed by atoms with van der Waals surface area (Å²) in [5.41, 5.74) is 3.41. The lowest BCUT2D eigenvalue weighted by Gasteiger charge is -2.28. The van der Waals surface area contributed by atoms with Crippen molar-refractivity contribution >= 4 is 24.1 Å². The van der Waals surface area contributed by atoms with Gasteiger partial charge in [-0.3, -0.25) is 4.79 Å². The summed E-state index contributed by atoms with van der Waals surface area (Å²) in [4.78, 5) is 25.5. The molecule has 0 aromatic heterocycles. The van der Waals surface area contributed by atoms with Gasteiger partial charge < -0.3 is 24.8 Å². The number of anilines is 1. The maximum atomic E-state index is 13.0. The van der Waals surface area contributed by atoms with E-state index in [1.165, 1.54) is 6.08 Å². The van der Waals surface area contributed by atoms with E-state index >= 15 is 0 Å². The largest absolute Gasteiger partial charge is 0.506 e. The molecular formula is C26H34N2O5. The van der Waals surface area contributed by atoms with Crippen LogP contribution in [0.25, 0.3) is 6.08 Å². The summed E-state index contributed by atoms with van der Waals surface area (Å²) < 4.78 is 11.1. The maximum absolute atomic E-state index is 13.0. The van der Waals surface area contributed by atoms with Crippen molar-refractivity contribution in [2.45, 2.75) is 46.3 Å². The van der Waals surface area contributed by atoms with Crippen molar-refractivity contribution in [3.8, 4) is 11.5 Å². The third-order valence-electron chi connectivity index (χ3n) is 5.05. The van der Waals surface area contributed by atoms with Gasteiger partial charge in [0.2, 0.25) is 0 Å². The Morgan fingerprint density at radius 2 is 1.94 bits per heavy atom. The first-order chi connectivity index (χ1) is 15.6. The molecule has 0 saturated carbocycles. The fraction of sp³-hybridized carbons (Fsp3) is 0.385. The lowest BCUT2D eigenvalue weighted by Crippen LogP contribution is -2.37. The minimum atomic E-state index is -0.629. The van der Waals surface area contributed by atoms with Crippen molar-refractivity contribution in [1.29, 1.82) is 0 Å². The van der Waals surface area contributed by atoms with Crippen molar-refractivity contribution in [3.63, 3.8) is 0 Å². The summed E-state index contributed by atoms with van der Waals surface area (Å²) in [7, 11) is 3.32. The molecule has 0 bridgehead atoms. The molecule has 0 aliphatic rings. The number of carbonyl (C=O) groups is 2. The SMILES string of the molecule is CNc1c(O)ccc(CCN(Cc2ccc(C)c(OC)c2)C(=O)OC(C)(C)C)c1/C=C\C=O. The molecule has 7 heteroatoms. The normalized spacial score (nSPS) is 11.3. The summed E-state index contributed by atoms with van der Waals surface area (Å²) in [5.74, 6) is 0.845. The highest BCUT2D eigenvalue weighted by atomic mass is 16.6. The molecule has 0 radical (unpaired) electrons. The molecule has 0 aliphatic carbocycles. The summed E-state index contributed by atoms with van der Waals surface area (Å²) in [6, 6.07) is 9.24. The predicted molar refractivity (Wildman–Crippen MR) is 131 cm³/mol. The smallest absolute Gasteiger partial charge is 0.410 e. The van der Waals surface area contributed by atoms with Gasteiger partial charge in [0.15, 0.2) is 0 Å². The van der Waals surface area contributed by atoms with Crippen LogP contribution in [0.5, 0.6) is 11.5 Å². The van der Waals surface area contributed by atoms with Crippen LogP contribution < -0.4 is 10.1 Å². The van der Waals surface area contributed by atoms with Gasteiger partial charge in [-0.1, -0.05) is 18.2 Å². The second kappa shape index (κ2) is 11.4. The molecule has 2 rings (SSSR count). The fourth-order valence-electron chi connectivity index (χ4n) is 3.46. The van der Waals surface area contributed by atoms with E-state index in [0.29, 0.717) is 37.0 Å². The Balaban J connectivity index is 2.35. The van der Waals surface area contributed by atoms with Crippen LogP contribution >= 0.6 is 0 Å². The Labute approximate surface area is 196 Å². The van der Waals surface area contributed by atoms with Crippen LogP contribution in [0.3, 0.4) is 0 Å². The first kappa shape index (κ1) is 25.8. The van der Waals surface area contributed by atoms with E-state index < -0.39 is 11.7 Å². The van der Waals surface area contributed by atoms with Crippen LogP contribution in [-0.4, -0.2) is 48.7 Å². The van der Waals surface area contributed by atoms with Crippen LogP contribution in [-0.2, 0) is 22.5 Å². The van der Waals surface area contributed by atoms with Crippen molar-refractivity contribution in [2.24, 2.45) is 0 Å². The molecule has 1 amide bonds. The number of nitrogens with one attached hydrogen (secondary N) is 1. The number of nitrogens with zero attached hydrogens (tertiary/aromatic N) is 1. The topological polar surface area (TPSA) is 88.1 Å². The number of allylic oxidation sites excluding steroid dienone is 1. The molecule has 0 unspecified atom stereocenters. The first-order valence-electron chi connectivity index (χ1n) is 10.9. The molecule has 0 fully saturated rings. The molecule has 0 heterocycles. The molecule has 2 aromatic carbocycles. The van der Waals surface area contributed by atoms with E-state index in [1.54, 1.807) is 37.3 Å². The minimum Gasteiger partial charge on any atom is -0.506 e. The molecule has 178 valence electrons. The number of benzene rings is 2. The van der Waals surface area contributed by atoms with Gasteiger partial charge in [0, 0.05) is 25.7 Å². The quantitative estimate of drug-likeness (QED) is 0.317. The number of amides is 1. The highest BCUT2D eigenvalue weighted by Gasteiger charge is 2.23. The first-order valence-corrected chi connectivity index (χ1v) is 10.9. The lowest BCUT2D eigenvalue weighted by molar-refractivity contribution is -0.104. The average Bonchev–Trinajstić information content (AvgIpc) is 2.75. The number of ether oxygens (including phenoxy) is 2. The van der Waals surface area contributed by atoms with Crippen LogP contribution in [0, 0.1) is 6.92 Å². The molecule has 33 heavy (non-hydrogen) atoms. The highest BCUT2D eigenvalue weighted by molar-refractivity contribution is 5.81. The van der Waals surface area contributed by atoms with E-state index in [-0.39, 0.29) is 5.75 Å². The average molecular weight is 455 g/mol. The minimum absolute atomic E-state index is 0.0857. The monoisotopic (exact) mass is 454 g/mol. The second-order valence-corrected chi connectivity index (χ2v) is 8.73. The molecule has 0 spiro atoms. The number of phenolic OH excluding ortho intramolecular Hbond substituents is 1. The molecule has 7 nitrogen and oxygen atoms in total. The number of aromatic hydroxyl groups is 1. The van der Waals surface area contributed by atoms with E-state index in [9.17, 15) is 14.7 Å². The third-order valence-corrected chi connectivity index (χ3v) is 5.05. The zero-order valence-corrected chi connectivity index (χ0v) is 20.3. The van der Waals surface area contributed by atoms with Gasteiger partial charge in [0.1, 0.15) is 23.4 Å². The number of hydrogen-bond donors (Lipinski definition) is 2. The lowest BCUT2D eigenvalue weighted by atomic mass is 10.0. The van der Waals surface area contributed by atoms with Gasteiger partial charge in [-0.2, -0.15) is 0 Å². The van der Waals surface area contributed by atoms with Gasteiger partial charge in [-0.25, -0.2) is 4.79 Å². The van der Waals surface area contributed by atoms with Crippen molar-refractivity contribution in [2.75, 3.05) is 26.0 Å². The van der Waals surface area contributed by atoms with Crippen LogP contribution in [0.15, 0.2) is 36.4 Å². The van der Waals surface area contributed by atoms with Crippen molar-refractivity contribution in [1.82, 2.24) is 4.90 Å². The number of aryl methyl sites for hydroxylation is 1. The van der Waals surface area contributed by atoms with E-state index in [4.69, 9.17) is 9.47 Å². The van der Waals surface area contributed by atoms with Crippen molar-refractivity contribution < 1.29 is 24.2 Å². The molecule has 2 aromatic rings. The number of rotatable bonds is 9. The Hall–Kier alpha value is -3.48. The number of aldehydes is 1. The molecule has 0 saturated heterocycles. The van der Waals surface area contributed by atoms with Gasteiger partial charge >= 0.3 is 6.09 Å². The summed E-state index contributed by atoms with van der Waals surface area (Å²) in [6.45, 7) is 8.19. The number of phenols is 1.